The van der Waals surface area contributed by atoms with E-state index in [1.807, 2.05) is 4.90 Å². The molecule has 1 aliphatic carbocycles. The molecule has 2 unspecified atom stereocenters. The Kier molecular flexibility index (Phi) is 1.84. The molecule has 3 fully saturated rings. The van der Waals surface area contributed by atoms with Crippen LogP contribution in [0.2, 0.25) is 0 Å². The quantitative estimate of drug-likeness (QED) is 0.609. The van der Waals surface area contributed by atoms with Gasteiger partial charge in [-0.15, -0.1) is 0 Å². The van der Waals surface area contributed by atoms with Crippen LogP contribution in [0.15, 0.2) is 0 Å². The van der Waals surface area contributed by atoms with Crippen LogP contribution in [0.25, 0.3) is 0 Å². The molecule has 0 bridgehead atoms. The van der Waals surface area contributed by atoms with Crippen molar-refractivity contribution >= 4 is 5.91 Å². The average Bonchev–Trinajstić information content (AvgIpc) is 2.66. The van der Waals surface area contributed by atoms with Gasteiger partial charge in [0.05, 0.1) is 0 Å². The Hall–Kier alpha value is -0.570. The summed E-state index contributed by atoms with van der Waals surface area (Å²) < 4.78 is 0. The topological polar surface area (TPSA) is 23.6 Å². The maximum absolute atomic E-state index is 11.2. The van der Waals surface area contributed by atoms with E-state index in [0.717, 1.165) is 31.0 Å². The number of carbonyl (C=O) groups excluding carboxylic acids is 1. The zero-order valence-corrected chi connectivity index (χ0v) is 8.78. The number of rotatable bonds is 1. The molecule has 0 aromatic rings. The molecule has 0 aromatic heterocycles. The second-order valence-electron chi connectivity index (χ2n) is 4.99. The average molecular weight is 194 g/mol. The maximum atomic E-state index is 11.2. The van der Waals surface area contributed by atoms with Gasteiger partial charge in [-0.05, 0) is 37.8 Å². The number of amides is 1. The van der Waals surface area contributed by atoms with Gasteiger partial charge < -0.3 is 4.90 Å². The van der Waals surface area contributed by atoms with Gasteiger partial charge in [0, 0.05) is 26.1 Å². The van der Waals surface area contributed by atoms with Crippen LogP contribution in [0.4, 0.5) is 0 Å². The molecule has 0 radical (unpaired) electrons. The standard InChI is InChI=1S/C11H18N2O/c1-8(14)13-6-9-10(7-13)11(9)12-4-2-3-5-12/h9-11H,2-7H2,1H3. The van der Waals surface area contributed by atoms with Crippen LogP contribution < -0.4 is 0 Å². The molecule has 2 saturated heterocycles. The van der Waals surface area contributed by atoms with E-state index in [1.165, 1.54) is 25.9 Å². The summed E-state index contributed by atoms with van der Waals surface area (Å²) in [6.45, 7) is 6.35. The Morgan fingerprint density at radius 1 is 1.14 bits per heavy atom. The van der Waals surface area contributed by atoms with Crippen molar-refractivity contribution in [2.75, 3.05) is 26.2 Å². The van der Waals surface area contributed by atoms with E-state index < -0.39 is 0 Å². The zero-order valence-electron chi connectivity index (χ0n) is 8.78. The van der Waals surface area contributed by atoms with E-state index >= 15 is 0 Å². The molecule has 0 spiro atoms. The summed E-state index contributed by atoms with van der Waals surface area (Å²) in [6.07, 6.45) is 2.76. The molecule has 2 atom stereocenters. The lowest BCUT2D eigenvalue weighted by Gasteiger charge is -2.22. The van der Waals surface area contributed by atoms with Gasteiger partial charge in [-0.1, -0.05) is 0 Å². The summed E-state index contributed by atoms with van der Waals surface area (Å²) >= 11 is 0. The van der Waals surface area contributed by atoms with Gasteiger partial charge in [0.2, 0.25) is 5.91 Å². The van der Waals surface area contributed by atoms with Crippen molar-refractivity contribution in [2.45, 2.75) is 25.8 Å². The van der Waals surface area contributed by atoms with Crippen molar-refractivity contribution in [2.24, 2.45) is 11.8 Å². The van der Waals surface area contributed by atoms with E-state index in [9.17, 15) is 4.79 Å². The number of nitrogens with zero attached hydrogens (tertiary/aromatic N) is 2. The number of fused-ring (bicyclic) bond motifs is 1. The predicted molar refractivity (Wildman–Crippen MR) is 53.8 cm³/mol. The van der Waals surface area contributed by atoms with Crippen molar-refractivity contribution in [3.8, 4) is 0 Å². The van der Waals surface area contributed by atoms with Crippen LogP contribution in [-0.2, 0) is 4.79 Å². The number of hydrogen-bond acceptors (Lipinski definition) is 2. The largest absolute Gasteiger partial charge is 0.342 e. The van der Waals surface area contributed by atoms with Gasteiger partial charge in [-0.2, -0.15) is 0 Å². The van der Waals surface area contributed by atoms with Gasteiger partial charge in [-0.25, -0.2) is 0 Å². The number of likely N-dealkylation sites (tertiary alicyclic amines) is 2. The summed E-state index contributed by atoms with van der Waals surface area (Å²) in [4.78, 5) is 15.8. The third kappa shape index (κ3) is 1.18. The zero-order chi connectivity index (χ0) is 9.71. The number of piperidine rings is 1. The highest BCUT2D eigenvalue weighted by Gasteiger charge is 2.58. The third-order valence-corrected chi connectivity index (χ3v) is 4.16. The summed E-state index contributed by atoms with van der Waals surface area (Å²) in [5.74, 6) is 1.89. The molecule has 3 rings (SSSR count). The van der Waals surface area contributed by atoms with Crippen LogP contribution in [0.5, 0.6) is 0 Å². The SMILES string of the molecule is CC(=O)N1CC2C(C1)C2N1CCCC1. The highest BCUT2D eigenvalue weighted by atomic mass is 16.2. The second kappa shape index (κ2) is 2.96. The van der Waals surface area contributed by atoms with E-state index in [0.29, 0.717) is 0 Å². The summed E-state index contributed by atoms with van der Waals surface area (Å²) in [5.41, 5.74) is 0. The van der Waals surface area contributed by atoms with Gasteiger partial charge in [-0.3, -0.25) is 9.69 Å². The Bertz CT molecular complexity index is 248. The summed E-state index contributed by atoms with van der Waals surface area (Å²) in [5, 5.41) is 0. The fourth-order valence-corrected chi connectivity index (χ4v) is 3.33. The van der Waals surface area contributed by atoms with Gasteiger partial charge in [0.15, 0.2) is 0 Å². The molecule has 78 valence electrons. The highest BCUT2D eigenvalue weighted by molar-refractivity contribution is 5.73. The van der Waals surface area contributed by atoms with E-state index in [-0.39, 0.29) is 5.91 Å². The van der Waals surface area contributed by atoms with Crippen molar-refractivity contribution in [3.63, 3.8) is 0 Å². The predicted octanol–water partition coefficient (Wildman–Crippen LogP) is 0.559. The first kappa shape index (κ1) is 8.72. The van der Waals surface area contributed by atoms with Crippen LogP contribution in [0.1, 0.15) is 19.8 Å². The normalized spacial score (nSPS) is 41.5. The molecule has 3 nitrogen and oxygen atoms in total. The molecule has 14 heavy (non-hydrogen) atoms. The fourth-order valence-electron chi connectivity index (χ4n) is 3.33. The lowest BCUT2D eigenvalue weighted by Crippen LogP contribution is -2.35. The first-order valence-corrected chi connectivity index (χ1v) is 5.77. The molecular weight excluding hydrogens is 176 g/mol. The molecule has 3 heteroatoms. The third-order valence-electron chi connectivity index (χ3n) is 4.16. The minimum Gasteiger partial charge on any atom is -0.342 e. The van der Waals surface area contributed by atoms with Gasteiger partial charge in [0.1, 0.15) is 0 Å². The molecular formula is C11H18N2O. The van der Waals surface area contributed by atoms with E-state index in [1.54, 1.807) is 6.92 Å². The maximum Gasteiger partial charge on any atom is 0.219 e. The Labute approximate surface area is 85.1 Å². The molecule has 2 aliphatic heterocycles. The number of carbonyl (C=O) groups is 1. The lowest BCUT2D eigenvalue weighted by molar-refractivity contribution is -0.128. The molecule has 3 aliphatic rings. The Morgan fingerprint density at radius 3 is 2.21 bits per heavy atom. The second-order valence-corrected chi connectivity index (χ2v) is 4.99. The van der Waals surface area contributed by atoms with Crippen molar-refractivity contribution in [1.29, 1.82) is 0 Å². The Balaban J connectivity index is 1.58. The first-order valence-electron chi connectivity index (χ1n) is 5.77. The smallest absolute Gasteiger partial charge is 0.219 e. The van der Waals surface area contributed by atoms with Crippen molar-refractivity contribution in [1.82, 2.24) is 9.80 Å². The lowest BCUT2D eigenvalue weighted by atomic mass is 10.3. The number of hydrogen-bond donors (Lipinski definition) is 0. The van der Waals surface area contributed by atoms with E-state index in [2.05, 4.69) is 4.90 Å². The fraction of sp³-hybridized carbons (Fsp3) is 0.909. The minimum atomic E-state index is 0.261. The van der Waals surface area contributed by atoms with E-state index in [4.69, 9.17) is 0 Å². The molecule has 1 amide bonds. The van der Waals surface area contributed by atoms with Crippen LogP contribution in [0, 0.1) is 11.8 Å². The monoisotopic (exact) mass is 194 g/mol. The van der Waals surface area contributed by atoms with Gasteiger partial charge >= 0.3 is 0 Å². The molecule has 1 saturated carbocycles. The highest BCUT2D eigenvalue weighted by Crippen LogP contribution is 2.49. The van der Waals surface area contributed by atoms with Crippen LogP contribution in [-0.4, -0.2) is 47.9 Å². The molecule has 2 heterocycles. The molecule has 0 N–H and O–H groups in total. The van der Waals surface area contributed by atoms with Crippen molar-refractivity contribution in [3.05, 3.63) is 0 Å². The summed E-state index contributed by atoms with van der Waals surface area (Å²) in [7, 11) is 0. The minimum absolute atomic E-state index is 0.261. The van der Waals surface area contributed by atoms with Crippen LogP contribution in [0.3, 0.4) is 0 Å². The van der Waals surface area contributed by atoms with Crippen molar-refractivity contribution < 1.29 is 4.79 Å². The van der Waals surface area contributed by atoms with Crippen LogP contribution >= 0.6 is 0 Å². The Morgan fingerprint density at radius 2 is 1.71 bits per heavy atom. The summed E-state index contributed by atoms with van der Waals surface area (Å²) in [6, 6.07) is 0.841. The molecule has 0 aromatic carbocycles. The first-order chi connectivity index (χ1) is 6.77. The van der Waals surface area contributed by atoms with Gasteiger partial charge in [0.25, 0.3) is 0 Å².